The fourth-order valence-corrected chi connectivity index (χ4v) is 2.97. The number of ether oxygens (including phenoxy) is 1. The van der Waals surface area contributed by atoms with Gasteiger partial charge in [0.1, 0.15) is 6.04 Å². The zero-order chi connectivity index (χ0) is 18.9. The number of hydrogen-bond donors (Lipinski definition) is 2. The van der Waals surface area contributed by atoms with Crippen LogP contribution in [0, 0.1) is 3.57 Å². The van der Waals surface area contributed by atoms with Crippen molar-refractivity contribution in [2.24, 2.45) is 0 Å². The number of esters is 1. The molecule has 1 aromatic carbocycles. The van der Waals surface area contributed by atoms with Crippen molar-refractivity contribution in [3.05, 3.63) is 27.8 Å². The molecule has 0 bridgehead atoms. The van der Waals surface area contributed by atoms with Crippen LogP contribution in [0.25, 0.3) is 0 Å². The fraction of sp³-hybridized carbons (Fsp3) is 0.500. The van der Waals surface area contributed by atoms with Gasteiger partial charge in [-0.2, -0.15) is 0 Å². The van der Waals surface area contributed by atoms with Crippen molar-refractivity contribution < 1.29 is 19.1 Å². The van der Waals surface area contributed by atoms with Crippen molar-refractivity contribution in [3.63, 3.8) is 0 Å². The van der Waals surface area contributed by atoms with E-state index in [1.54, 1.807) is 0 Å². The van der Waals surface area contributed by atoms with Gasteiger partial charge in [0.2, 0.25) is 11.8 Å². The molecule has 1 fully saturated rings. The normalized spacial score (nSPS) is 16.8. The molecule has 1 aliphatic heterocycles. The molecule has 1 atom stereocenters. The molecule has 1 heterocycles. The molecule has 0 aliphatic carbocycles. The second kappa shape index (κ2) is 10.3. The molecular formula is C18H24IN3O4. The van der Waals surface area contributed by atoms with Gasteiger partial charge in [0.25, 0.3) is 0 Å². The quantitative estimate of drug-likeness (QED) is 0.342. The lowest BCUT2D eigenvalue weighted by Gasteiger charge is -2.34. The summed E-state index contributed by atoms with van der Waals surface area (Å²) in [6.45, 7) is 3.17. The lowest BCUT2D eigenvalue weighted by molar-refractivity contribution is -0.151. The Hall–Kier alpha value is -1.84. The summed E-state index contributed by atoms with van der Waals surface area (Å²) in [6, 6.07) is 6.85. The van der Waals surface area contributed by atoms with Crippen LogP contribution in [0.5, 0.6) is 0 Å². The molecule has 2 N–H and O–H groups in total. The topological polar surface area (TPSA) is 87.7 Å². The first kappa shape index (κ1) is 20.5. The van der Waals surface area contributed by atoms with Crippen molar-refractivity contribution in [1.29, 1.82) is 0 Å². The van der Waals surface area contributed by atoms with Crippen molar-refractivity contribution >= 4 is 46.1 Å². The first-order valence-corrected chi connectivity index (χ1v) is 9.81. The summed E-state index contributed by atoms with van der Waals surface area (Å²) in [6.07, 6.45) is 1.59. The standard InChI is InChI=1S/C18H24IN3O4/c1-2-3-10-26-17(24)11-15-18(25)20-8-9-22(15)16(23)12-21-14-6-4-13(19)5-7-14/h4-7,15,21H,2-3,8-12H2,1H3,(H,20,25). The number of rotatable bonds is 8. The maximum absolute atomic E-state index is 12.6. The first-order chi connectivity index (χ1) is 12.5. The maximum atomic E-state index is 12.6. The van der Waals surface area contributed by atoms with E-state index in [2.05, 4.69) is 33.2 Å². The molecule has 1 saturated heterocycles. The summed E-state index contributed by atoms with van der Waals surface area (Å²) in [5, 5.41) is 5.76. The zero-order valence-electron chi connectivity index (χ0n) is 14.8. The first-order valence-electron chi connectivity index (χ1n) is 8.73. The third-order valence-electron chi connectivity index (χ3n) is 4.06. The number of unbranched alkanes of at least 4 members (excludes halogenated alkanes) is 1. The summed E-state index contributed by atoms with van der Waals surface area (Å²) in [5.41, 5.74) is 0.829. The summed E-state index contributed by atoms with van der Waals surface area (Å²) in [5.74, 6) is -0.986. The lowest BCUT2D eigenvalue weighted by Crippen LogP contribution is -2.58. The Morgan fingerprint density at radius 3 is 2.77 bits per heavy atom. The molecule has 2 rings (SSSR count). The van der Waals surface area contributed by atoms with Crippen LogP contribution < -0.4 is 10.6 Å². The third-order valence-corrected chi connectivity index (χ3v) is 4.78. The number of carbonyl (C=O) groups excluding carboxylic acids is 3. The van der Waals surface area contributed by atoms with Crippen molar-refractivity contribution in [2.75, 3.05) is 31.6 Å². The van der Waals surface area contributed by atoms with Crippen LogP contribution >= 0.6 is 22.6 Å². The van der Waals surface area contributed by atoms with Gasteiger partial charge in [0, 0.05) is 22.3 Å². The Bertz CT molecular complexity index is 636. The molecule has 0 radical (unpaired) electrons. The number of halogens is 1. The number of piperazine rings is 1. The van der Waals surface area contributed by atoms with Gasteiger partial charge in [-0.3, -0.25) is 14.4 Å². The van der Waals surface area contributed by atoms with Crippen LogP contribution in [-0.4, -0.2) is 55.0 Å². The van der Waals surface area contributed by atoms with Gasteiger partial charge in [-0.25, -0.2) is 0 Å². The number of nitrogens with zero attached hydrogens (tertiary/aromatic N) is 1. The number of anilines is 1. The van der Waals surface area contributed by atoms with E-state index in [1.165, 1.54) is 4.90 Å². The number of hydrogen-bond acceptors (Lipinski definition) is 5. The Kier molecular flexibility index (Phi) is 8.14. The molecule has 1 aliphatic rings. The number of nitrogens with one attached hydrogen (secondary N) is 2. The van der Waals surface area contributed by atoms with E-state index < -0.39 is 12.0 Å². The second-order valence-electron chi connectivity index (χ2n) is 6.03. The highest BCUT2D eigenvalue weighted by Crippen LogP contribution is 2.13. The van der Waals surface area contributed by atoms with E-state index in [-0.39, 0.29) is 24.8 Å². The molecule has 0 saturated carbocycles. The predicted octanol–water partition coefficient (Wildman–Crippen LogP) is 1.76. The van der Waals surface area contributed by atoms with Gasteiger partial charge in [-0.15, -0.1) is 0 Å². The Morgan fingerprint density at radius 2 is 2.08 bits per heavy atom. The number of amides is 2. The molecule has 8 heteroatoms. The van der Waals surface area contributed by atoms with Crippen LogP contribution in [0.2, 0.25) is 0 Å². The van der Waals surface area contributed by atoms with E-state index in [1.807, 2.05) is 31.2 Å². The van der Waals surface area contributed by atoms with Gasteiger partial charge < -0.3 is 20.3 Å². The molecule has 0 aromatic heterocycles. The van der Waals surface area contributed by atoms with Crippen LogP contribution in [0.4, 0.5) is 5.69 Å². The summed E-state index contributed by atoms with van der Waals surface area (Å²) < 4.78 is 6.23. The minimum absolute atomic E-state index is 0.0647. The van der Waals surface area contributed by atoms with Gasteiger partial charge in [0.05, 0.1) is 19.6 Å². The summed E-state index contributed by atoms with van der Waals surface area (Å²) in [4.78, 5) is 38.1. The monoisotopic (exact) mass is 473 g/mol. The number of carbonyl (C=O) groups is 3. The van der Waals surface area contributed by atoms with E-state index in [0.717, 1.165) is 22.1 Å². The number of benzene rings is 1. The molecule has 2 amide bonds. The van der Waals surface area contributed by atoms with E-state index in [4.69, 9.17) is 4.74 Å². The van der Waals surface area contributed by atoms with E-state index in [9.17, 15) is 14.4 Å². The largest absolute Gasteiger partial charge is 0.466 e. The average molecular weight is 473 g/mol. The van der Waals surface area contributed by atoms with E-state index in [0.29, 0.717) is 19.7 Å². The van der Waals surface area contributed by atoms with Gasteiger partial charge in [-0.1, -0.05) is 13.3 Å². The molecular weight excluding hydrogens is 449 g/mol. The second-order valence-corrected chi connectivity index (χ2v) is 7.28. The van der Waals surface area contributed by atoms with Crippen molar-refractivity contribution in [3.8, 4) is 0 Å². The summed E-state index contributed by atoms with van der Waals surface area (Å²) in [7, 11) is 0. The highest BCUT2D eigenvalue weighted by molar-refractivity contribution is 14.1. The smallest absolute Gasteiger partial charge is 0.308 e. The van der Waals surface area contributed by atoms with Crippen LogP contribution in [-0.2, 0) is 19.1 Å². The minimum Gasteiger partial charge on any atom is -0.466 e. The maximum Gasteiger partial charge on any atom is 0.308 e. The highest BCUT2D eigenvalue weighted by atomic mass is 127. The van der Waals surface area contributed by atoms with Crippen LogP contribution in [0.3, 0.4) is 0 Å². The third kappa shape index (κ3) is 6.15. The van der Waals surface area contributed by atoms with Crippen molar-refractivity contribution in [2.45, 2.75) is 32.2 Å². The minimum atomic E-state index is -0.816. The lowest BCUT2D eigenvalue weighted by atomic mass is 10.1. The van der Waals surface area contributed by atoms with Crippen LogP contribution in [0.1, 0.15) is 26.2 Å². The van der Waals surface area contributed by atoms with Gasteiger partial charge in [-0.05, 0) is 53.3 Å². The summed E-state index contributed by atoms with van der Waals surface area (Å²) >= 11 is 2.21. The fourth-order valence-electron chi connectivity index (χ4n) is 2.61. The Balaban J connectivity index is 1.92. The Morgan fingerprint density at radius 1 is 1.35 bits per heavy atom. The highest BCUT2D eigenvalue weighted by Gasteiger charge is 2.34. The van der Waals surface area contributed by atoms with E-state index >= 15 is 0 Å². The van der Waals surface area contributed by atoms with Gasteiger partial charge in [0.15, 0.2) is 0 Å². The molecule has 7 nitrogen and oxygen atoms in total. The van der Waals surface area contributed by atoms with Crippen LogP contribution in [0.15, 0.2) is 24.3 Å². The molecule has 1 aromatic rings. The molecule has 26 heavy (non-hydrogen) atoms. The molecule has 142 valence electrons. The average Bonchev–Trinajstić information content (AvgIpc) is 2.63. The van der Waals surface area contributed by atoms with Gasteiger partial charge >= 0.3 is 5.97 Å². The Labute approximate surface area is 167 Å². The molecule has 0 spiro atoms. The predicted molar refractivity (Wildman–Crippen MR) is 107 cm³/mol. The SMILES string of the molecule is CCCCOC(=O)CC1C(=O)NCCN1C(=O)CNc1ccc(I)cc1. The zero-order valence-corrected chi connectivity index (χ0v) is 17.0. The van der Waals surface area contributed by atoms with Crippen molar-refractivity contribution in [1.82, 2.24) is 10.2 Å². The molecule has 1 unspecified atom stereocenters.